The van der Waals surface area contributed by atoms with Crippen molar-refractivity contribution in [1.29, 1.82) is 0 Å². The minimum absolute atomic E-state index is 0.0218. The second-order valence-corrected chi connectivity index (χ2v) is 5.88. The number of oxime groups is 1. The minimum atomic E-state index is -4.66. The molecule has 1 unspecified atom stereocenters. The molecule has 0 saturated carbocycles. The highest BCUT2D eigenvalue weighted by atomic mass is 19.4. The van der Waals surface area contributed by atoms with E-state index in [9.17, 15) is 18.0 Å². The van der Waals surface area contributed by atoms with Crippen molar-refractivity contribution in [2.24, 2.45) is 5.16 Å². The van der Waals surface area contributed by atoms with Gasteiger partial charge in [0.2, 0.25) is 0 Å². The van der Waals surface area contributed by atoms with E-state index in [1.807, 2.05) is 0 Å². The third-order valence-electron chi connectivity index (χ3n) is 4.17. The second kappa shape index (κ2) is 5.91. The summed E-state index contributed by atoms with van der Waals surface area (Å²) in [6.45, 7) is 1.78. The van der Waals surface area contributed by atoms with Crippen LogP contribution < -0.4 is 0 Å². The van der Waals surface area contributed by atoms with Crippen molar-refractivity contribution in [3.63, 3.8) is 0 Å². The highest BCUT2D eigenvalue weighted by Crippen LogP contribution is 2.48. The van der Waals surface area contributed by atoms with E-state index in [1.165, 1.54) is 36.4 Å². The van der Waals surface area contributed by atoms with E-state index in [0.717, 1.165) is 5.56 Å². The number of aryl methyl sites for hydroxylation is 1. The van der Waals surface area contributed by atoms with E-state index >= 15 is 0 Å². The van der Waals surface area contributed by atoms with Gasteiger partial charge in [0, 0.05) is 12.0 Å². The average molecular weight is 349 g/mol. The van der Waals surface area contributed by atoms with Gasteiger partial charge >= 0.3 is 12.1 Å². The molecule has 7 heteroatoms. The number of nitrogens with zero attached hydrogens (tertiary/aromatic N) is 1. The number of rotatable bonds is 3. The fraction of sp³-hybridized carbons (Fsp3) is 0.222. The lowest BCUT2D eigenvalue weighted by molar-refractivity contribution is -0.275. The van der Waals surface area contributed by atoms with E-state index in [0.29, 0.717) is 5.56 Å². The van der Waals surface area contributed by atoms with Crippen molar-refractivity contribution in [1.82, 2.24) is 0 Å². The first-order valence-corrected chi connectivity index (χ1v) is 7.45. The Bertz CT molecular complexity index is 826. The third kappa shape index (κ3) is 2.97. The van der Waals surface area contributed by atoms with Gasteiger partial charge in [0.25, 0.3) is 5.60 Å². The number of benzene rings is 2. The maximum atomic E-state index is 13.8. The van der Waals surface area contributed by atoms with Crippen LogP contribution in [0.2, 0.25) is 0 Å². The van der Waals surface area contributed by atoms with Crippen LogP contribution in [0.4, 0.5) is 13.2 Å². The molecule has 1 atom stereocenters. The molecule has 1 aliphatic heterocycles. The maximum absolute atomic E-state index is 13.8. The van der Waals surface area contributed by atoms with E-state index in [2.05, 4.69) is 5.16 Å². The first-order chi connectivity index (χ1) is 11.7. The fourth-order valence-electron chi connectivity index (χ4n) is 2.69. The van der Waals surface area contributed by atoms with Crippen LogP contribution in [-0.4, -0.2) is 23.0 Å². The molecule has 1 heterocycles. The van der Waals surface area contributed by atoms with Crippen molar-refractivity contribution in [2.75, 3.05) is 0 Å². The van der Waals surface area contributed by atoms with E-state index in [4.69, 9.17) is 9.94 Å². The van der Waals surface area contributed by atoms with E-state index in [-0.39, 0.29) is 16.8 Å². The number of hydrogen-bond acceptors (Lipinski definition) is 3. The lowest BCUT2D eigenvalue weighted by atomic mass is 9.86. The van der Waals surface area contributed by atoms with Gasteiger partial charge in [0.05, 0.1) is 11.3 Å². The van der Waals surface area contributed by atoms with Crippen LogP contribution in [0.25, 0.3) is 0 Å². The summed E-state index contributed by atoms with van der Waals surface area (Å²) in [5.74, 6) is -1.11. The van der Waals surface area contributed by atoms with Gasteiger partial charge in [-0.05, 0) is 24.6 Å². The van der Waals surface area contributed by atoms with Crippen molar-refractivity contribution in [3.8, 4) is 0 Å². The molecule has 0 spiro atoms. The maximum Gasteiger partial charge on any atom is 0.435 e. The molecule has 0 saturated heterocycles. The van der Waals surface area contributed by atoms with Crippen LogP contribution >= 0.6 is 0 Å². The first-order valence-electron chi connectivity index (χ1n) is 7.45. The lowest BCUT2D eigenvalue weighted by Gasteiger charge is -2.29. The van der Waals surface area contributed by atoms with Crippen LogP contribution in [0.1, 0.15) is 33.5 Å². The molecule has 0 aromatic heterocycles. The molecule has 1 N–H and O–H groups in total. The summed E-state index contributed by atoms with van der Waals surface area (Å²) in [6.07, 6.45) is -5.14. The molecule has 1 aliphatic rings. The van der Waals surface area contributed by atoms with Gasteiger partial charge in [-0.2, -0.15) is 13.2 Å². The third-order valence-corrected chi connectivity index (χ3v) is 4.17. The zero-order chi connectivity index (χ0) is 18.2. The molecule has 130 valence electrons. The van der Waals surface area contributed by atoms with Crippen molar-refractivity contribution in [3.05, 3.63) is 70.8 Å². The van der Waals surface area contributed by atoms with Crippen LogP contribution in [0, 0.1) is 6.92 Å². The zero-order valence-corrected chi connectivity index (χ0v) is 13.2. The molecule has 25 heavy (non-hydrogen) atoms. The number of carboxylic acids is 1. The van der Waals surface area contributed by atoms with Crippen molar-refractivity contribution >= 4 is 11.7 Å². The molecule has 0 radical (unpaired) electrons. The van der Waals surface area contributed by atoms with Crippen molar-refractivity contribution < 1.29 is 27.9 Å². The highest BCUT2D eigenvalue weighted by Gasteiger charge is 2.62. The topological polar surface area (TPSA) is 58.9 Å². The molecular weight excluding hydrogens is 335 g/mol. The quantitative estimate of drug-likeness (QED) is 0.900. The van der Waals surface area contributed by atoms with Gasteiger partial charge in [0.1, 0.15) is 0 Å². The summed E-state index contributed by atoms with van der Waals surface area (Å²) in [7, 11) is 0. The predicted octanol–water partition coefficient (Wildman–Crippen LogP) is 4.28. The molecule has 3 rings (SSSR count). The lowest BCUT2D eigenvalue weighted by Crippen LogP contribution is -2.42. The minimum Gasteiger partial charge on any atom is -0.478 e. The summed E-state index contributed by atoms with van der Waals surface area (Å²) >= 11 is 0. The van der Waals surface area contributed by atoms with Gasteiger partial charge in [-0.15, -0.1) is 0 Å². The molecule has 0 aliphatic carbocycles. The number of alkyl halides is 3. The summed E-state index contributed by atoms with van der Waals surface area (Å²) in [5, 5.41) is 12.5. The Labute approximate surface area is 141 Å². The molecular formula is C18H14F3NO3. The van der Waals surface area contributed by atoms with Crippen LogP contribution in [0.15, 0.2) is 53.7 Å². The van der Waals surface area contributed by atoms with Gasteiger partial charge in [0.15, 0.2) is 0 Å². The Kier molecular flexibility index (Phi) is 4.02. The predicted molar refractivity (Wildman–Crippen MR) is 84.6 cm³/mol. The van der Waals surface area contributed by atoms with Gasteiger partial charge in [-0.1, -0.05) is 47.1 Å². The summed E-state index contributed by atoms with van der Waals surface area (Å²) in [4.78, 5) is 15.8. The Balaban J connectivity index is 1.95. The smallest absolute Gasteiger partial charge is 0.435 e. The average Bonchev–Trinajstić information content (AvgIpc) is 3.02. The van der Waals surface area contributed by atoms with Crippen LogP contribution in [0.5, 0.6) is 0 Å². The Morgan fingerprint density at radius 3 is 2.24 bits per heavy atom. The molecule has 2 aromatic carbocycles. The standard InChI is InChI=1S/C18H14F3NO3/c1-11-2-8-14(9-3-11)17(18(19,20)21)10-15(22-25-17)12-4-6-13(7-5-12)16(23)24/h2-9H,10H2,1H3,(H,23,24). The van der Waals surface area contributed by atoms with Gasteiger partial charge in [-0.25, -0.2) is 4.79 Å². The second-order valence-electron chi connectivity index (χ2n) is 5.88. The molecule has 2 aromatic rings. The molecule has 4 nitrogen and oxygen atoms in total. The summed E-state index contributed by atoms with van der Waals surface area (Å²) in [6, 6.07) is 11.4. The SMILES string of the molecule is Cc1ccc(C2(C(F)(F)F)CC(c3ccc(C(=O)O)cc3)=NO2)cc1. The number of hydrogen-bond donors (Lipinski definition) is 1. The van der Waals surface area contributed by atoms with Crippen LogP contribution in [0.3, 0.4) is 0 Å². The Morgan fingerprint density at radius 2 is 1.72 bits per heavy atom. The summed E-state index contributed by atoms with van der Waals surface area (Å²) < 4.78 is 41.4. The van der Waals surface area contributed by atoms with Gasteiger partial charge in [-0.3, -0.25) is 0 Å². The largest absolute Gasteiger partial charge is 0.478 e. The molecule has 0 fully saturated rings. The van der Waals surface area contributed by atoms with E-state index in [1.54, 1.807) is 19.1 Å². The normalized spacial score (nSPS) is 20.1. The fourth-order valence-corrected chi connectivity index (χ4v) is 2.69. The number of aromatic carboxylic acids is 1. The first kappa shape index (κ1) is 17.0. The Hall–Kier alpha value is -2.83. The molecule has 0 amide bonds. The highest BCUT2D eigenvalue weighted by molar-refractivity contribution is 6.02. The molecule has 0 bridgehead atoms. The van der Waals surface area contributed by atoms with Crippen LogP contribution in [-0.2, 0) is 10.4 Å². The van der Waals surface area contributed by atoms with E-state index < -0.39 is 24.2 Å². The monoisotopic (exact) mass is 349 g/mol. The Morgan fingerprint density at radius 1 is 1.12 bits per heavy atom. The zero-order valence-electron chi connectivity index (χ0n) is 13.2. The number of carboxylic acid groups (broad SMARTS) is 1. The number of carbonyl (C=O) groups is 1. The summed E-state index contributed by atoms with van der Waals surface area (Å²) in [5.41, 5.74) is -1.17. The van der Waals surface area contributed by atoms with Gasteiger partial charge < -0.3 is 9.94 Å². The number of halogens is 3. The van der Waals surface area contributed by atoms with Crippen molar-refractivity contribution in [2.45, 2.75) is 25.1 Å².